The van der Waals surface area contributed by atoms with Crippen LogP contribution in [0.2, 0.25) is 0 Å². The summed E-state index contributed by atoms with van der Waals surface area (Å²) in [5.41, 5.74) is -6.94. The van der Waals surface area contributed by atoms with Gasteiger partial charge in [-0.1, -0.05) is 110 Å². The van der Waals surface area contributed by atoms with Crippen LogP contribution in [0.5, 0.6) is 0 Å². The minimum atomic E-state index is -5.33. The molecule has 0 N–H and O–H groups in total. The minimum absolute atomic E-state index is 0.127. The van der Waals surface area contributed by atoms with Crippen LogP contribution in [0, 0.1) is 0 Å². The Hall–Kier alpha value is -4.40. The summed E-state index contributed by atoms with van der Waals surface area (Å²) in [4.78, 5) is 0. The first-order valence-electron chi connectivity index (χ1n) is 16.5. The maximum atomic E-state index is 14.1. The molecule has 55 heavy (non-hydrogen) atoms. The first-order chi connectivity index (χ1) is 25.7. The maximum absolute atomic E-state index is 14.1. The van der Waals surface area contributed by atoms with Crippen molar-refractivity contribution >= 4 is 37.1 Å². The van der Waals surface area contributed by atoms with Crippen LogP contribution in [0.15, 0.2) is 156 Å². The molecule has 0 aliphatic heterocycles. The number of hydrogen-bond acceptors (Lipinski definition) is 0. The molecule has 4 aromatic carbocycles. The number of benzene rings is 4. The molecule has 0 amide bonds. The Bertz CT molecular complexity index is 2010. The Morgan fingerprint density at radius 2 is 0.909 bits per heavy atom. The second-order valence-electron chi connectivity index (χ2n) is 12.7. The van der Waals surface area contributed by atoms with E-state index in [0.717, 1.165) is 10.6 Å². The molecule has 1 unspecified atom stereocenters. The minimum Gasteiger partial charge on any atom is -0.166 e. The summed E-state index contributed by atoms with van der Waals surface area (Å²) >= 11 is 0. The topological polar surface area (TPSA) is 0 Å². The number of alkyl halides is 12. The fourth-order valence-corrected chi connectivity index (χ4v) is 12.1. The molecule has 0 aromatic heterocycles. The maximum Gasteiger partial charge on any atom is 0.416 e. The van der Waals surface area contributed by atoms with Crippen LogP contribution in [0.4, 0.5) is 52.7 Å². The third-order valence-electron chi connectivity index (χ3n) is 9.05. The molecule has 14 heteroatoms. The lowest BCUT2D eigenvalue weighted by Crippen LogP contribution is -2.27. The van der Waals surface area contributed by atoms with E-state index in [0.29, 0.717) is 41.0 Å². The van der Waals surface area contributed by atoms with E-state index in [2.05, 4.69) is 0 Å². The van der Waals surface area contributed by atoms with Crippen molar-refractivity contribution in [1.29, 1.82) is 0 Å². The second-order valence-corrected chi connectivity index (χ2v) is 17.5. The van der Waals surface area contributed by atoms with E-state index in [-0.39, 0.29) is 17.8 Å². The van der Waals surface area contributed by atoms with Gasteiger partial charge < -0.3 is 0 Å². The van der Waals surface area contributed by atoms with Crippen LogP contribution < -0.4 is 21.2 Å². The Balaban J connectivity index is 1.59. The van der Waals surface area contributed by atoms with Gasteiger partial charge in [0.05, 0.1) is 22.3 Å². The van der Waals surface area contributed by atoms with E-state index in [4.69, 9.17) is 0 Å². The Kier molecular flexibility index (Phi) is 11.2. The van der Waals surface area contributed by atoms with E-state index in [1.807, 2.05) is 78.9 Å². The van der Waals surface area contributed by atoms with Crippen molar-refractivity contribution in [3.8, 4) is 0 Å². The molecule has 2 aliphatic carbocycles. The molecule has 0 radical (unpaired) electrons. The summed E-state index contributed by atoms with van der Waals surface area (Å²) in [6.07, 6.45) is -9.09. The van der Waals surface area contributed by atoms with Crippen LogP contribution in [0.25, 0.3) is 0 Å². The standard InChI is InChI=1S/C41H28F12P2/c1-25(34-16-10-17-35(34)36-15-8-9-18-37(36)55(30-11-4-2-5-12-30)31-13-6-3-7-14-31)54(32-21-26(38(42,43)44)19-27(22-32)39(45,46)47)33-23-28(40(48,49)50)20-29(24-33)41(51,52)53/h2-25,37H,1H3/b36-35+/t25-,37?/m1/s1. The van der Waals surface area contributed by atoms with Gasteiger partial charge in [0.1, 0.15) is 0 Å². The zero-order valence-electron chi connectivity index (χ0n) is 28.4. The zero-order valence-corrected chi connectivity index (χ0v) is 30.2. The Morgan fingerprint density at radius 1 is 0.491 bits per heavy atom. The first kappa shape index (κ1) is 40.3. The second kappa shape index (κ2) is 15.3. The molecule has 0 heterocycles. The van der Waals surface area contributed by atoms with Crippen LogP contribution >= 0.6 is 15.8 Å². The van der Waals surface area contributed by atoms with Gasteiger partial charge >= 0.3 is 24.7 Å². The number of allylic oxidation sites excluding steroid dienone is 10. The summed E-state index contributed by atoms with van der Waals surface area (Å²) in [5, 5.41) is 0.588. The van der Waals surface area contributed by atoms with Gasteiger partial charge in [-0.3, -0.25) is 0 Å². The van der Waals surface area contributed by atoms with Crippen molar-refractivity contribution in [2.24, 2.45) is 0 Å². The highest BCUT2D eigenvalue weighted by Gasteiger charge is 2.42. The van der Waals surface area contributed by atoms with Crippen molar-refractivity contribution < 1.29 is 52.7 Å². The molecule has 0 nitrogen and oxygen atoms in total. The zero-order chi connectivity index (χ0) is 39.9. The molecule has 0 saturated heterocycles. The largest absolute Gasteiger partial charge is 0.416 e. The predicted molar refractivity (Wildman–Crippen MR) is 194 cm³/mol. The fourth-order valence-electron chi connectivity index (χ4n) is 6.60. The van der Waals surface area contributed by atoms with Gasteiger partial charge in [0.15, 0.2) is 0 Å². The van der Waals surface area contributed by atoms with Crippen molar-refractivity contribution in [3.63, 3.8) is 0 Å². The average molecular weight is 811 g/mol. The van der Waals surface area contributed by atoms with Crippen molar-refractivity contribution in [2.75, 3.05) is 0 Å². The molecule has 0 spiro atoms. The van der Waals surface area contributed by atoms with E-state index in [1.165, 1.54) is 6.92 Å². The van der Waals surface area contributed by atoms with Gasteiger partial charge in [-0.05, 0) is 90.2 Å². The van der Waals surface area contributed by atoms with Gasteiger partial charge in [0, 0.05) is 11.3 Å². The normalized spacial score (nSPS) is 18.4. The molecule has 6 rings (SSSR count). The quantitative estimate of drug-likeness (QED) is 0.129. The van der Waals surface area contributed by atoms with Crippen molar-refractivity contribution in [2.45, 2.75) is 42.9 Å². The molecule has 0 saturated carbocycles. The summed E-state index contributed by atoms with van der Waals surface area (Å²) in [6.45, 7) is 1.40. The summed E-state index contributed by atoms with van der Waals surface area (Å²) in [7, 11) is -4.01. The summed E-state index contributed by atoms with van der Waals surface area (Å²) in [6, 6.07) is 20.4. The SMILES string of the molecule is C[C@H](C1=CC=C/C1=C1/C=CC=CC1P(c1ccccc1)c1ccccc1)P(c1cc(C(F)(F)F)cc(C(F)(F)F)c1)c1cc(C(F)(F)F)cc(C(F)(F)F)c1. The number of hydrogen-bond donors (Lipinski definition) is 0. The van der Waals surface area contributed by atoms with Gasteiger partial charge in [0.2, 0.25) is 0 Å². The van der Waals surface area contributed by atoms with Gasteiger partial charge in [0.25, 0.3) is 0 Å². The van der Waals surface area contributed by atoms with Gasteiger partial charge in [-0.2, -0.15) is 52.7 Å². The number of rotatable bonds is 7. The molecule has 2 atom stereocenters. The average Bonchev–Trinajstić information content (AvgIpc) is 3.61. The van der Waals surface area contributed by atoms with Crippen LogP contribution in [-0.2, 0) is 24.7 Å². The van der Waals surface area contributed by atoms with E-state index >= 15 is 0 Å². The van der Waals surface area contributed by atoms with Crippen LogP contribution in [-0.4, -0.2) is 11.3 Å². The van der Waals surface area contributed by atoms with Gasteiger partial charge in [-0.15, -0.1) is 0 Å². The lowest BCUT2D eigenvalue weighted by atomic mass is 9.95. The molecule has 2 aliphatic rings. The Morgan fingerprint density at radius 3 is 1.31 bits per heavy atom. The smallest absolute Gasteiger partial charge is 0.166 e. The highest BCUT2D eigenvalue weighted by Crippen LogP contribution is 2.52. The molecule has 0 bridgehead atoms. The third kappa shape index (κ3) is 8.86. The van der Waals surface area contributed by atoms with Crippen molar-refractivity contribution in [1.82, 2.24) is 0 Å². The molecular weight excluding hydrogens is 782 g/mol. The van der Waals surface area contributed by atoms with Crippen LogP contribution in [0.3, 0.4) is 0 Å². The molecule has 4 aromatic rings. The summed E-state index contributed by atoms with van der Waals surface area (Å²) < 4.78 is 170. The lowest BCUT2D eigenvalue weighted by Gasteiger charge is -2.33. The van der Waals surface area contributed by atoms with Crippen LogP contribution in [0.1, 0.15) is 29.2 Å². The highest BCUT2D eigenvalue weighted by molar-refractivity contribution is 7.74. The Labute approximate surface area is 310 Å². The molecular formula is C41H28F12P2. The lowest BCUT2D eigenvalue weighted by molar-refractivity contribution is -0.144. The van der Waals surface area contributed by atoms with E-state index < -0.39 is 79.1 Å². The third-order valence-corrected chi connectivity index (χ3v) is 14.4. The van der Waals surface area contributed by atoms with E-state index in [9.17, 15) is 52.7 Å². The number of halogens is 12. The fraction of sp³-hybridized carbons (Fsp3) is 0.171. The molecule has 286 valence electrons. The molecule has 0 fully saturated rings. The predicted octanol–water partition coefficient (Wildman–Crippen LogP) is 12.0. The van der Waals surface area contributed by atoms with Crippen molar-refractivity contribution in [3.05, 3.63) is 179 Å². The van der Waals surface area contributed by atoms with Gasteiger partial charge in [-0.25, -0.2) is 0 Å². The van der Waals surface area contributed by atoms with E-state index in [1.54, 1.807) is 24.3 Å². The monoisotopic (exact) mass is 810 g/mol. The highest BCUT2D eigenvalue weighted by atomic mass is 31.1. The summed E-state index contributed by atoms with van der Waals surface area (Å²) in [5.74, 6) is 0. The first-order valence-corrected chi connectivity index (χ1v) is 19.3.